The van der Waals surface area contributed by atoms with Crippen LogP contribution in [0.3, 0.4) is 0 Å². The fourth-order valence-electron chi connectivity index (χ4n) is 4.51. The highest BCUT2D eigenvalue weighted by Gasteiger charge is 2.29. The van der Waals surface area contributed by atoms with Gasteiger partial charge in [0.2, 0.25) is 0 Å². The minimum atomic E-state index is -0.783. The second kappa shape index (κ2) is 9.23. The average Bonchev–Trinajstić information content (AvgIpc) is 2.75. The molecule has 2 aliphatic rings. The summed E-state index contributed by atoms with van der Waals surface area (Å²) >= 11 is 0. The molecule has 0 amide bonds. The molecule has 1 heterocycles. The highest BCUT2D eigenvalue weighted by atomic mass is 16.5. The van der Waals surface area contributed by atoms with Gasteiger partial charge in [0.15, 0.2) is 0 Å². The van der Waals surface area contributed by atoms with E-state index in [0.717, 1.165) is 18.6 Å². The summed E-state index contributed by atoms with van der Waals surface area (Å²) < 4.78 is 6.16. The molecule has 4 rings (SSSR count). The van der Waals surface area contributed by atoms with Gasteiger partial charge in [0.25, 0.3) is 0 Å². The molecule has 4 nitrogen and oxygen atoms in total. The Morgan fingerprint density at radius 3 is 2.44 bits per heavy atom. The van der Waals surface area contributed by atoms with E-state index in [1.165, 1.54) is 33.4 Å². The summed E-state index contributed by atoms with van der Waals surface area (Å²) in [6.45, 7) is 10.1. The van der Waals surface area contributed by atoms with Crippen LogP contribution in [0.25, 0.3) is 5.57 Å². The van der Waals surface area contributed by atoms with Gasteiger partial charge in [0, 0.05) is 12.5 Å². The maximum atomic E-state index is 11.3. The van der Waals surface area contributed by atoms with Crippen molar-refractivity contribution in [3.05, 3.63) is 82.6 Å². The largest absolute Gasteiger partial charge is 0.493 e. The summed E-state index contributed by atoms with van der Waals surface area (Å²) in [5.41, 5.74) is 7.82. The van der Waals surface area contributed by atoms with Crippen LogP contribution in [0.2, 0.25) is 0 Å². The molecule has 0 bridgehead atoms. The Morgan fingerprint density at radius 2 is 1.81 bits per heavy atom. The molecule has 2 aromatic rings. The van der Waals surface area contributed by atoms with Crippen LogP contribution >= 0.6 is 0 Å². The third-order valence-corrected chi connectivity index (χ3v) is 6.82. The highest BCUT2D eigenvalue weighted by molar-refractivity contribution is 5.78. The predicted molar refractivity (Wildman–Crippen MR) is 129 cm³/mol. The number of benzene rings is 2. The van der Waals surface area contributed by atoms with Crippen LogP contribution in [0.15, 0.2) is 60.3 Å². The molecule has 1 N–H and O–H groups in total. The van der Waals surface area contributed by atoms with Crippen molar-refractivity contribution in [2.24, 2.45) is 0 Å². The molecular formula is C28H33NO3. The summed E-state index contributed by atoms with van der Waals surface area (Å²) in [4.78, 5) is 13.2. The molecule has 168 valence electrons. The number of carboxylic acid groups (broad SMARTS) is 1. The summed E-state index contributed by atoms with van der Waals surface area (Å²) in [5.74, 6) is 1.01. The summed E-state index contributed by atoms with van der Waals surface area (Å²) in [7, 11) is 0. The maximum Gasteiger partial charge on any atom is 0.330 e. The van der Waals surface area contributed by atoms with Gasteiger partial charge in [0.05, 0.1) is 6.61 Å². The Kier molecular flexibility index (Phi) is 6.40. The second-order valence-electron chi connectivity index (χ2n) is 9.38. The number of aliphatic carboxylic acids is 1. The lowest BCUT2D eigenvalue weighted by atomic mass is 9.85. The van der Waals surface area contributed by atoms with Gasteiger partial charge in [0.1, 0.15) is 11.8 Å². The van der Waals surface area contributed by atoms with Crippen molar-refractivity contribution in [1.29, 1.82) is 0 Å². The molecule has 0 spiro atoms. The van der Waals surface area contributed by atoms with E-state index in [2.05, 4.69) is 70.2 Å². The molecule has 1 aliphatic heterocycles. The van der Waals surface area contributed by atoms with Crippen molar-refractivity contribution >= 4 is 11.5 Å². The first-order chi connectivity index (χ1) is 15.3. The van der Waals surface area contributed by atoms with Crippen molar-refractivity contribution in [3.8, 4) is 5.75 Å². The first-order valence-electron chi connectivity index (χ1n) is 11.5. The van der Waals surface area contributed by atoms with Gasteiger partial charge < -0.3 is 14.7 Å². The van der Waals surface area contributed by atoms with E-state index < -0.39 is 12.0 Å². The molecule has 0 aromatic heterocycles. The number of carbonyl (C=O) groups is 1. The highest BCUT2D eigenvalue weighted by Crippen LogP contribution is 2.35. The fourth-order valence-corrected chi connectivity index (χ4v) is 4.51. The molecule has 1 aliphatic carbocycles. The molecule has 0 saturated carbocycles. The van der Waals surface area contributed by atoms with Crippen LogP contribution in [0.1, 0.15) is 68.2 Å². The van der Waals surface area contributed by atoms with Crippen molar-refractivity contribution in [1.82, 2.24) is 4.90 Å². The molecule has 0 radical (unpaired) electrons. The van der Waals surface area contributed by atoms with E-state index in [4.69, 9.17) is 4.74 Å². The van der Waals surface area contributed by atoms with Gasteiger partial charge in [-0.1, -0.05) is 51.1 Å². The molecule has 0 fully saturated rings. The number of hydrogen-bond acceptors (Lipinski definition) is 3. The molecule has 0 saturated heterocycles. The Balaban J connectivity index is 1.39. The van der Waals surface area contributed by atoms with Gasteiger partial charge in [-0.3, -0.25) is 0 Å². The Labute approximate surface area is 191 Å². The number of hydrogen-bond donors (Lipinski definition) is 1. The molecule has 32 heavy (non-hydrogen) atoms. The smallest absolute Gasteiger partial charge is 0.330 e. The molecule has 2 unspecified atom stereocenters. The number of aryl methyl sites for hydroxylation is 1. The molecular weight excluding hydrogens is 398 g/mol. The second-order valence-corrected chi connectivity index (χ2v) is 9.38. The third kappa shape index (κ3) is 4.59. The first kappa shape index (κ1) is 22.2. The van der Waals surface area contributed by atoms with Crippen molar-refractivity contribution < 1.29 is 14.6 Å². The number of ether oxygens (including phenoxy) is 1. The minimum absolute atomic E-state index is 0.326. The van der Waals surface area contributed by atoms with Gasteiger partial charge in [-0.05, 0) is 83.5 Å². The normalized spacial score (nSPS) is 18.4. The standard InChI is InChI=1S/C28H33NO3/c1-18(2)21-5-7-22(8-6-21)19(3)17-32-25-11-12-26-20(4)24(10-9-23(26)15-25)16-29-14-13-27(29)28(30)31/h5-8,11-15,18-19,27H,9-10,16-17H2,1-4H3,(H,30,31). The first-order valence-corrected chi connectivity index (χ1v) is 11.5. The van der Waals surface area contributed by atoms with Gasteiger partial charge in [-0.15, -0.1) is 0 Å². The summed E-state index contributed by atoms with van der Waals surface area (Å²) in [6.07, 6.45) is 5.53. The Morgan fingerprint density at radius 1 is 1.09 bits per heavy atom. The summed E-state index contributed by atoms with van der Waals surface area (Å²) in [5, 5.41) is 9.26. The molecule has 2 aromatic carbocycles. The van der Waals surface area contributed by atoms with Gasteiger partial charge in [-0.25, -0.2) is 4.79 Å². The SMILES string of the molecule is CC1=C(CN2C=CC2C(=O)O)CCc2cc(OCC(C)c3ccc(C(C)C)cc3)ccc21. The average molecular weight is 432 g/mol. The number of carboxylic acids is 1. The number of rotatable bonds is 8. The fraction of sp³-hybridized carbons (Fsp3) is 0.393. The zero-order chi connectivity index (χ0) is 22.8. The lowest BCUT2D eigenvalue weighted by Crippen LogP contribution is -2.43. The van der Waals surface area contributed by atoms with Crippen molar-refractivity contribution in [2.45, 2.75) is 58.4 Å². The minimum Gasteiger partial charge on any atom is -0.493 e. The number of allylic oxidation sites excluding steroid dienone is 1. The van der Waals surface area contributed by atoms with Crippen LogP contribution < -0.4 is 4.74 Å². The van der Waals surface area contributed by atoms with Crippen molar-refractivity contribution in [2.75, 3.05) is 13.2 Å². The zero-order valence-corrected chi connectivity index (χ0v) is 19.5. The zero-order valence-electron chi connectivity index (χ0n) is 19.5. The quantitative estimate of drug-likeness (QED) is 0.557. The number of fused-ring (bicyclic) bond motifs is 1. The maximum absolute atomic E-state index is 11.3. The number of nitrogens with zero attached hydrogens (tertiary/aromatic N) is 1. The van der Waals surface area contributed by atoms with Crippen LogP contribution in [-0.4, -0.2) is 35.2 Å². The predicted octanol–water partition coefficient (Wildman–Crippen LogP) is 5.99. The van der Waals surface area contributed by atoms with Crippen LogP contribution in [0.4, 0.5) is 0 Å². The Bertz CT molecular complexity index is 1050. The van der Waals surface area contributed by atoms with E-state index in [1.54, 1.807) is 6.08 Å². The van der Waals surface area contributed by atoms with E-state index >= 15 is 0 Å². The molecule has 4 heteroatoms. The van der Waals surface area contributed by atoms with Crippen LogP contribution in [-0.2, 0) is 11.2 Å². The van der Waals surface area contributed by atoms with E-state index in [-0.39, 0.29) is 0 Å². The third-order valence-electron chi connectivity index (χ3n) is 6.82. The lowest BCUT2D eigenvalue weighted by molar-refractivity contribution is -0.141. The molecule has 2 atom stereocenters. The summed E-state index contributed by atoms with van der Waals surface area (Å²) in [6, 6.07) is 14.8. The van der Waals surface area contributed by atoms with Crippen LogP contribution in [0.5, 0.6) is 5.75 Å². The van der Waals surface area contributed by atoms with E-state index in [9.17, 15) is 9.90 Å². The Hall–Kier alpha value is -3.01. The lowest BCUT2D eigenvalue weighted by Gasteiger charge is -2.35. The van der Waals surface area contributed by atoms with Gasteiger partial charge >= 0.3 is 5.97 Å². The van der Waals surface area contributed by atoms with E-state index in [0.29, 0.717) is 25.0 Å². The van der Waals surface area contributed by atoms with Crippen LogP contribution in [0, 0.1) is 0 Å². The topological polar surface area (TPSA) is 49.8 Å². The van der Waals surface area contributed by atoms with Gasteiger partial charge in [-0.2, -0.15) is 0 Å². The van der Waals surface area contributed by atoms with Crippen molar-refractivity contribution in [3.63, 3.8) is 0 Å². The monoisotopic (exact) mass is 431 g/mol. The van der Waals surface area contributed by atoms with E-state index in [1.807, 2.05) is 11.1 Å².